The van der Waals surface area contributed by atoms with Crippen molar-refractivity contribution in [2.45, 2.75) is 63.9 Å². The Morgan fingerprint density at radius 3 is 2.52 bits per heavy atom. The maximum atomic E-state index is 12.2. The van der Waals surface area contributed by atoms with Crippen LogP contribution in [0.2, 0.25) is 0 Å². The number of nitrogens with zero attached hydrogens (tertiary/aromatic N) is 1. The second-order valence-electron chi connectivity index (χ2n) is 11.0. The lowest BCUT2D eigenvalue weighted by Crippen LogP contribution is -2.51. The second-order valence-corrected chi connectivity index (χ2v) is 11.0. The minimum absolute atomic E-state index is 0.252. The monoisotopic (exact) mass is 443 g/mol. The predicted molar refractivity (Wildman–Crippen MR) is 135 cm³/mol. The molecule has 0 aliphatic heterocycles. The summed E-state index contributed by atoms with van der Waals surface area (Å²) in [5.41, 5.74) is 6.70. The van der Waals surface area contributed by atoms with Crippen molar-refractivity contribution in [3.8, 4) is 0 Å². The van der Waals surface area contributed by atoms with Gasteiger partial charge in [-0.1, -0.05) is 43.4 Å². The number of hydrogen-bond donors (Lipinski definition) is 1. The molecule has 4 aliphatic carbocycles. The van der Waals surface area contributed by atoms with Gasteiger partial charge in [0.1, 0.15) is 5.60 Å². The highest BCUT2D eigenvalue weighted by Gasteiger charge is 2.63. The Balaban J connectivity index is 1.70. The van der Waals surface area contributed by atoms with Crippen molar-refractivity contribution in [1.29, 1.82) is 0 Å². The molecule has 1 aromatic rings. The van der Waals surface area contributed by atoms with Crippen LogP contribution in [0, 0.1) is 17.3 Å². The minimum Gasteiger partial charge on any atom is -0.381 e. The molecule has 33 heavy (non-hydrogen) atoms. The molecule has 1 aromatic carbocycles. The third-order valence-corrected chi connectivity index (χ3v) is 9.38. The highest BCUT2D eigenvalue weighted by Crippen LogP contribution is 2.68. The maximum Gasteiger partial charge on any atom is 0.156 e. The van der Waals surface area contributed by atoms with E-state index in [4.69, 9.17) is 0 Å². The summed E-state index contributed by atoms with van der Waals surface area (Å²) in [5.74, 6) is 1.36. The van der Waals surface area contributed by atoms with E-state index in [-0.39, 0.29) is 17.1 Å². The molecule has 0 spiro atoms. The molecule has 0 unspecified atom stereocenters. The van der Waals surface area contributed by atoms with Gasteiger partial charge >= 0.3 is 0 Å². The molecular formula is C30H37NO2. The molecule has 0 amide bonds. The predicted octanol–water partition coefficient (Wildman–Crippen LogP) is 6.13. The summed E-state index contributed by atoms with van der Waals surface area (Å²) in [5, 5.41) is 12.0. The molecule has 0 saturated heterocycles. The lowest BCUT2D eigenvalue weighted by molar-refractivity contribution is -0.114. The van der Waals surface area contributed by atoms with E-state index in [2.05, 4.69) is 69.8 Å². The van der Waals surface area contributed by atoms with Crippen LogP contribution >= 0.6 is 0 Å². The van der Waals surface area contributed by atoms with Crippen molar-refractivity contribution < 1.29 is 9.90 Å². The first-order chi connectivity index (χ1) is 15.7. The molecule has 4 aliphatic rings. The summed E-state index contributed by atoms with van der Waals surface area (Å²) in [6.07, 6.45) is 11.2. The van der Waals surface area contributed by atoms with Crippen LogP contribution in [-0.2, 0) is 4.79 Å². The SMILES string of the molecule is C=C[C@]1(O)/C(=C/C)C[C@H]2[C@@H]3CCC4=CC(=O)CCC4=C3[C@@H](c3ccc(N(C)C)cc3)C[C@@]21C. The first-order valence-electron chi connectivity index (χ1n) is 12.5. The number of ketones is 1. The van der Waals surface area contributed by atoms with Crippen LogP contribution in [0.25, 0.3) is 0 Å². The van der Waals surface area contributed by atoms with Crippen LogP contribution in [0.15, 0.2) is 71.4 Å². The van der Waals surface area contributed by atoms with Gasteiger partial charge in [0.2, 0.25) is 0 Å². The standard InChI is InChI=1S/C30H37NO2/c1-6-21-17-27-25-14-10-20-16-23(32)13-15-24(20)28(25)26(18-29(27,3)30(21,33)7-2)19-8-11-22(12-9-19)31(4)5/h6-9,11-12,16,25-27,33H,2,10,13-15,17-18H2,1,3-5H3/b21-6+/t25-,26+,27-,29-,30-/m0/s1. The third kappa shape index (κ3) is 3.15. The Morgan fingerprint density at radius 1 is 1.15 bits per heavy atom. The molecule has 5 rings (SSSR count). The van der Waals surface area contributed by atoms with E-state index < -0.39 is 5.60 Å². The highest BCUT2D eigenvalue weighted by molar-refractivity contribution is 5.93. The van der Waals surface area contributed by atoms with Crippen molar-refractivity contribution in [2.75, 3.05) is 19.0 Å². The molecule has 3 nitrogen and oxygen atoms in total. The number of hydrogen-bond acceptors (Lipinski definition) is 3. The van der Waals surface area contributed by atoms with E-state index >= 15 is 0 Å². The van der Waals surface area contributed by atoms with Crippen LogP contribution in [0.4, 0.5) is 5.69 Å². The molecule has 0 radical (unpaired) electrons. The van der Waals surface area contributed by atoms with E-state index in [1.54, 1.807) is 11.6 Å². The Morgan fingerprint density at radius 2 is 1.88 bits per heavy atom. The van der Waals surface area contributed by atoms with Crippen LogP contribution < -0.4 is 4.90 Å². The van der Waals surface area contributed by atoms with E-state index in [0.717, 1.165) is 37.7 Å². The van der Waals surface area contributed by atoms with Gasteiger partial charge in [-0.2, -0.15) is 0 Å². The largest absolute Gasteiger partial charge is 0.381 e. The number of carbonyl (C=O) groups is 1. The smallest absolute Gasteiger partial charge is 0.156 e. The third-order valence-electron chi connectivity index (χ3n) is 9.38. The number of anilines is 1. The van der Waals surface area contributed by atoms with Gasteiger partial charge in [-0.15, -0.1) is 0 Å². The first kappa shape index (κ1) is 22.4. The molecule has 0 aromatic heterocycles. The molecule has 2 fully saturated rings. The zero-order valence-electron chi connectivity index (χ0n) is 20.5. The summed E-state index contributed by atoms with van der Waals surface area (Å²) >= 11 is 0. The van der Waals surface area contributed by atoms with E-state index in [1.165, 1.54) is 22.4 Å². The second kappa shape index (κ2) is 7.84. The van der Waals surface area contributed by atoms with E-state index in [9.17, 15) is 9.90 Å². The lowest BCUT2D eigenvalue weighted by Gasteiger charge is -2.54. The zero-order valence-corrected chi connectivity index (χ0v) is 20.5. The number of allylic oxidation sites excluding steroid dienone is 5. The molecule has 2 saturated carbocycles. The fourth-order valence-electron chi connectivity index (χ4n) is 7.59. The fraction of sp³-hybridized carbons (Fsp3) is 0.500. The van der Waals surface area contributed by atoms with Crippen LogP contribution in [0.5, 0.6) is 0 Å². The number of fused-ring (bicyclic) bond motifs is 4. The molecule has 0 bridgehead atoms. The van der Waals surface area contributed by atoms with E-state index in [0.29, 0.717) is 18.3 Å². The normalized spacial score (nSPS) is 36.8. The average molecular weight is 444 g/mol. The zero-order chi connectivity index (χ0) is 23.5. The summed E-state index contributed by atoms with van der Waals surface area (Å²) in [7, 11) is 4.14. The Hall–Kier alpha value is -2.39. The molecule has 0 heterocycles. The Kier molecular flexibility index (Phi) is 5.32. The van der Waals surface area contributed by atoms with Crippen molar-refractivity contribution in [1.82, 2.24) is 0 Å². The maximum absolute atomic E-state index is 12.2. The summed E-state index contributed by atoms with van der Waals surface area (Å²) in [4.78, 5) is 14.3. The van der Waals surface area contributed by atoms with Crippen molar-refractivity contribution >= 4 is 11.5 Å². The number of carbonyl (C=O) groups excluding carboxylic acids is 1. The summed E-state index contributed by atoms with van der Waals surface area (Å²) < 4.78 is 0. The van der Waals surface area contributed by atoms with Crippen LogP contribution in [-0.4, -0.2) is 30.6 Å². The lowest BCUT2D eigenvalue weighted by atomic mass is 9.51. The van der Waals surface area contributed by atoms with Crippen molar-refractivity contribution in [3.63, 3.8) is 0 Å². The van der Waals surface area contributed by atoms with Gasteiger partial charge in [0, 0.05) is 37.5 Å². The highest BCUT2D eigenvalue weighted by atomic mass is 16.3. The first-order valence-corrected chi connectivity index (χ1v) is 12.5. The fourth-order valence-corrected chi connectivity index (χ4v) is 7.59. The van der Waals surface area contributed by atoms with Gasteiger partial charge in [0.05, 0.1) is 0 Å². The Labute approximate surface area is 198 Å². The van der Waals surface area contributed by atoms with Gasteiger partial charge < -0.3 is 10.0 Å². The van der Waals surface area contributed by atoms with Gasteiger partial charge in [0.15, 0.2) is 5.78 Å². The topological polar surface area (TPSA) is 40.5 Å². The van der Waals surface area contributed by atoms with Crippen LogP contribution in [0.3, 0.4) is 0 Å². The van der Waals surface area contributed by atoms with Gasteiger partial charge in [-0.3, -0.25) is 4.79 Å². The van der Waals surface area contributed by atoms with Crippen molar-refractivity contribution in [3.05, 3.63) is 76.9 Å². The van der Waals surface area contributed by atoms with Crippen LogP contribution in [0.1, 0.15) is 63.9 Å². The van der Waals surface area contributed by atoms with Crippen molar-refractivity contribution in [2.24, 2.45) is 17.3 Å². The van der Waals surface area contributed by atoms with Gasteiger partial charge in [-0.25, -0.2) is 0 Å². The molecular weight excluding hydrogens is 406 g/mol. The minimum atomic E-state index is -0.969. The summed E-state index contributed by atoms with van der Waals surface area (Å²) in [6.45, 7) is 8.45. The average Bonchev–Trinajstić information content (AvgIpc) is 3.05. The number of aliphatic hydroxyl groups is 1. The molecule has 5 atom stereocenters. The quantitative estimate of drug-likeness (QED) is 0.572. The molecule has 3 heteroatoms. The summed E-state index contributed by atoms with van der Waals surface area (Å²) in [6, 6.07) is 8.97. The Bertz CT molecular complexity index is 1090. The number of rotatable bonds is 3. The van der Waals surface area contributed by atoms with Gasteiger partial charge in [0.25, 0.3) is 0 Å². The molecule has 174 valence electrons. The van der Waals surface area contributed by atoms with Gasteiger partial charge in [-0.05, 0) is 91.4 Å². The van der Waals surface area contributed by atoms with E-state index in [1.807, 2.05) is 6.08 Å². The number of benzene rings is 1. The molecule has 1 N–H and O–H groups in total.